The third-order valence-corrected chi connectivity index (χ3v) is 5.70. The molecule has 2 aliphatic rings. The van der Waals surface area contributed by atoms with Crippen LogP contribution >= 0.6 is 0 Å². The minimum atomic E-state index is -4.53. The predicted octanol–water partition coefficient (Wildman–Crippen LogP) is 3.11. The number of likely N-dealkylation sites (tertiary alicyclic amines) is 1. The molecule has 0 spiro atoms. The van der Waals surface area contributed by atoms with Crippen LogP contribution in [0.25, 0.3) is 0 Å². The molecule has 2 fully saturated rings. The number of carbonyl (C=O) groups is 2. The highest BCUT2D eigenvalue weighted by Gasteiger charge is 2.34. The van der Waals surface area contributed by atoms with Crippen molar-refractivity contribution in [3.8, 4) is 0 Å². The van der Waals surface area contributed by atoms with Gasteiger partial charge in [0.15, 0.2) is 0 Å². The van der Waals surface area contributed by atoms with Gasteiger partial charge in [0.05, 0.1) is 11.3 Å². The molecule has 1 aromatic carbocycles. The van der Waals surface area contributed by atoms with E-state index in [1.54, 1.807) is 0 Å². The average molecular weight is 412 g/mol. The fourth-order valence-electron chi connectivity index (χ4n) is 3.81. The van der Waals surface area contributed by atoms with E-state index in [0.29, 0.717) is 32.4 Å². The van der Waals surface area contributed by atoms with Crippen LogP contribution in [0.3, 0.4) is 0 Å². The van der Waals surface area contributed by atoms with Gasteiger partial charge in [0, 0.05) is 45.7 Å². The van der Waals surface area contributed by atoms with Gasteiger partial charge in [0.25, 0.3) is 0 Å². The van der Waals surface area contributed by atoms with Crippen molar-refractivity contribution in [2.45, 2.75) is 25.4 Å². The molecule has 1 aromatic rings. The number of benzene rings is 1. The zero-order chi connectivity index (χ0) is 21.0. The molecule has 2 aliphatic heterocycles. The van der Waals surface area contributed by atoms with Gasteiger partial charge in [-0.05, 0) is 37.9 Å². The summed E-state index contributed by atoms with van der Waals surface area (Å²) in [7, 11) is 2.04. The second-order valence-corrected chi connectivity index (χ2v) is 7.79. The molecule has 2 heterocycles. The van der Waals surface area contributed by atoms with Gasteiger partial charge in [-0.2, -0.15) is 13.2 Å². The molecule has 9 heteroatoms. The summed E-state index contributed by atoms with van der Waals surface area (Å²) in [5.74, 6) is 0.355. The number of anilines is 1. The van der Waals surface area contributed by atoms with Crippen LogP contribution in [0.4, 0.5) is 23.7 Å². The molecule has 0 aliphatic carbocycles. The summed E-state index contributed by atoms with van der Waals surface area (Å²) < 4.78 is 39.3. The molecule has 0 radical (unpaired) electrons. The van der Waals surface area contributed by atoms with Crippen molar-refractivity contribution in [2.24, 2.45) is 5.92 Å². The zero-order valence-corrected chi connectivity index (χ0v) is 16.5. The second kappa shape index (κ2) is 9.02. The van der Waals surface area contributed by atoms with Gasteiger partial charge in [-0.15, -0.1) is 0 Å². The van der Waals surface area contributed by atoms with Crippen LogP contribution in [-0.4, -0.2) is 73.0 Å². The first-order valence-electron chi connectivity index (χ1n) is 9.92. The van der Waals surface area contributed by atoms with E-state index in [9.17, 15) is 22.8 Å². The molecule has 160 valence electrons. The average Bonchev–Trinajstić information content (AvgIpc) is 2.68. The number of rotatable bonds is 3. The summed E-state index contributed by atoms with van der Waals surface area (Å²) in [6.45, 7) is 4.11. The summed E-state index contributed by atoms with van der Waals surface area (Å²) in [5.41, 5.74) is -1.10. The number of piperidine rings is 1. The van der Waals surface area contributed by atoms with Crippen molar-refractivity contribution in [3.05, 3.63) is 29.8 Å². The number of piperazine rings is 1. The number of carbonyl (C=O) groups excluding carboxylic acids is 2. The molecular weight excluding hydrogens is 385 g/mol. The highest BCUT2D eigenvalue weighted by molar-refractivity contribution is 5.90. The van der Waals surface area contributed by atoms with Gasteiger partial charge in [0.1, 0.15) is 0 Å². The van der Waals surface area contributed by atoms with Crippen molar-refractivity contribution >= 4 is 17.6 Å². The van der Waals surface area contributed by atoms with Crippen LogP contribution in [0.5, 0.6) is 0 Å². The number of hydrogen-bond acceptors (Lipinski definition) is 3. The van der Waals surface area contributed by atoms with Crippen LogP contribution in [0.15, 0.2) is 24.3 Å². The number of hydrogen-bond donors (Lipinski definition) is 1. The lowest BCUT2D eigenvalue weighted by atomic mass is 9.93. The van der Waals surface area contributed by atoms with E-state index in [0.717, 1.165) is 32.2 Å². The Bertz CT molecular complexity index is 725. The Labute approximate surface area is 168 Å². The highest BCUT2D eigenvalue weighted by atomic mass is 19.4. The van der Waals surface area contributed by atoms with Crippen LogP contribution in [0.2, 0.25) is 0 Å². The molecule has 0 aromatic heterocycles. The van der Waals surface area contributed by atoms with Gasteiger partial charge >= 0.3 is 12.2 Å². The monoisotopic (exact) mass is 412 g/mol. The lowest BCUT2D eigenvalue weighted by Crippen LogP contribution is -2.48. The van der Waals surface area contributed by atoms with Gasteiger partial charge in [-0.3, -0.25) is 4.79 Å². The Morgan fingerprint density at radius 2 is 1.62 bits per heavy atom. The van der Waals surface area contributed by atoms with E-state index in [1.807, 2.05) is 11.9 Å². The van der Waals surface area contributed by atoms with Gasteiger partial charge in [0.2, 0.25) is 5.91 Å². The summed E-state index contributed by atoms with van der Waals surface area (Å²) >= 11 is 0. The molecule has 3 amide bonds. The zero-order valence-electron chi connectivity index (χ0n) is 16.5. The Kier molecular flexibility index (Phi) is 6.66. The SMILES string of the molecule is CN1CCN(C(=O)CC2CCN(C(=O)Nc3ccccc3C(F)(F)F)CC2)CC1. The van der Waals surface area contributed by atoms with E-state index < -0.39 is 17.8 Å². The number of para-hydroxylation sites is 1. The number of nitrogens with one attached hydrogen (secondary N) is 1. The summed E-state index contributed by atoms with van der Waals surface area (Å²) in [6, 6.07) is 4.42. The maximum atomic E-state index is 13.1. The summed E-state index contributed by atoms with van der Waals surface area (Å²) in [6.07, 6.45) is -2.71. The predicted molar refractivity (Wildman–Crippen MR) is 103 cm³/mol. The molecular formula is C20H27F3N4O2. The molecule has 0 atom stereocenters. The maximum Gasteiger partial charge on any atom is 0.418 e. The first kappa shape index (κ1) is 21.4. The normalized spacial score (nSPS) is 19.3. The lowest BCUT2D eigenvalue weighted by molar-refractivity contribution is -0.137. The molecule has 6 nitrogen and oxygen atoms in total. The number of nitrogens with zero attached hydrogens (tertiary/aromatic N) is 3. The standard InChI is InChI=1S/C20H27F3N4O2/c1-25-10-12-26(13-11-25)18(28)14-15-6-8-27(9-7-15)19(29)24-17-5-3-2-4-16(17)20(21,22)23/h2-5,15H,6-14H2,1H3,(H,24,29). The van der Waals surface area contributed by atoms with E-state index in [1.165, 1.54) is 23.1 Å². The number of alkyl halides is 3. The van der Waals surface area contributed by atoms with Crippen LogP contribution in [-0.2, 0) is 11.0 Å². The number of halogens is 3. The summed E-state index contributed by atoms with van der Waals surface area (Å²) in [5, 5.41) is 2.39. The molecule has 0 saturated carbocycles. The Hall–Kier alpha value is -2.29. The molecule has 3 rings (SSSR count). The second-order valence-electron chi connectivity index (χ2n) is 7.79. The first-order valence-corrected chi connectivity index (χ1v) is 9.92. The Balaban J connectivity index is 1.48. The third-order valence-electron chi connectivity index (χ3n) is 5.70. The van der Waals surface area contributed by atoms with E-state index in [2.05, 4.69) is 10.2 Å². The fourth-order valence-corrected chi connectivity index (χ4v) is 3.81. The Morgan fingerprint density at radius 1 is 1.00 bits per heavy atom. The topological polar surface area (TPSA) is 55.9 Å². The van der Waals surface area contributed by atoms with Crippen molar-refractivity contribution < 1.29 is 22.8 Å². The number of amides is 3. The lowest BCUT2D eigenvalue weighted by Gasteiger charge is -2.35. The third kappa shape index (κ3) is 5.62. The van der Waals surface area contributed by atoms with Crippen LogP contribution in [0.1, 0.15) is 24.8 Å². The van der Waals surface area contributed by atoms with Gasteiger partial charge < -0.3 is 20.0 Å². The summed E-state index contributed by atoms with van der Waals surface area (Å²) in [4.78, 5) is 30.5. The Morgan fingerprint density at radius 3 is 2.24 bits per heavy atom. The maximum absolute atomic E-state index is 13.1. The minimum Gasteiger partial charge on any atom is -0.340 e. The van der Waals surface area contributed by atoms with E-state index >= 15 is 0 Å². The molecule has 1 N–H and O–H groups in total. The number of likely N-dealkylation sites (N-methyl/N-ethyl adjacent to an activating group) is 1. The quantitative estimate of drug-likeness (QED) is 0.830. The minimum absolute atomic E-state index is 0.153. The van der Waals surface area contributed by atoms with E-state index in [4.69, 9.17) is 0 Å². The molecule has 0 unspecified atom stereocenters. The van der Waals surface area contributed by atoms with Crippen molar-refractivity contribution in [2.75, 3.05) is 51.6 Å². The van der Waals surface area contributed by atoms with Crippen LogP contribution < -0.4 is 5.32 Å². The van der Waals surface area contributed by atoms with Crippen molar-refractivity contribution in [1.29, 1.82) is 0 Å². The molecule has 2 saturated heterocycles. The first-order chi connectivity index (χ1) is 13.7. The van der Waals surface area contributed by atoms with Crippen molar-refractivity contribution in [3.63, 3.8) is 0 Å². The molecule has 0 bridgehead atoms. The van der Waals surface area contributed by atoms with Crippen molar-refractivity contribution in [1.82, 2.24) is 14.7 Å². The smallest absolute Gasteiger partial charge is 0.340 e. The van der Waals surface area contributed by atoms with Crippen LogP contribution in [0, 0.1) is 5.92 Å². The van der Waals surface area contributed by atoms with Gasteiger partial charge in [-0.25, -0.2) is 4.79 Å². The number of urea groups is 1. The fraction of sp³-hybridized carbons (Fsp3) is 0.600. The van der Waals surface area contributed by atoms with Gasteiger partial charge in [-0.1, -0.05) is 12.1 Å². The van der Waals surface area contributed by atoms with E-state index in [-0.39, 0.29) is 17.5 Å². The largest absolute Gasteiger partial charge is 0.418 e. The molecule has 29 heavy (non-hydrogen) atoms. The highest BCUT2D eigenvalue weighted by Crippen LogP contribution is 2.34.